The van der Waals surface area contributed by atoms with Crippen molar-refractivity contribution in [3.63, 3.8) is 0 Å². The number of hydrogen-bond acceptors (Lipinski definition) is 5. The molecule has 1 aromatic carbocycles. The predicted octanol–water partition coefficient (Wildman–Crippen LogP) is 2.48. The van der Waals surface area contributed by atoms with Crippen LogP contribution in [0.1, 0.15) is 29.5 Å². The van der Waals surface area contributed by atoms with Gasteiger partial charge >= 0.3 is 0 Å². The average molecular weight is 324 g/mol. The number of nitrogens with zero attached hydrogens (tertiary/aromatic N) is 1. The molecule has 1 heterocycles. The van der Waals surface area contributed by atoms with E-state index in [2.05, 4.69) is 9.88 Å². The average Bonchev–Trinajstić information content (AvgIpc) is 2.86. The van der Waals surface area contributed by atoms with Crippen LogP contribution in [0.3, 0.4) is 0 Å². The monoisotopic (exact) mass is 324 g/mol. The molecule has 0 unspecified atom stereocenters. The molecule has 0 bridgehead atoms. The lowest BCUT2D eigenvalue weighted by molar-refractivity contribution is 0.337. The van der Waals surface area contributed by atoms with E-state index in [9.17, 15) is 8.42 Å². The van der Waals surface area contributed by atoms with Crippen LogP contribution in [-0.2, 0) is 16.6 Å². The molecule has 0 saturated heterocycles. The third-order valence-electron chi connectivity index (χ3n) is 3.18. The van der Waals surface area contributed by atoms with Gasteiger partial charge in [0.25, 0.3) is 0 Å². The lowest BCUT2D eigenvalue weighted by atomic mass is 10.1. The molecular formula is C15H20N2O4S. The summed E-state index contributed by atoms with van der Waals surface area (Å²) < 4.78 is 37.8. The zero-order valence-electron chi connectivity index (χ0n) is 13.1. The summed E-state index contributed by atoms with van der Waals surface area (Å²) in [5.74, 6) is 1.34. The van der Waals surface area contributed by atoms with Crippen LogP contribution in [0, 0.1) is 20.8 Å². The summed E-state index contributed by atoms with van der Waals surface area (Å²) in [4.78, 5) is 0.244. The summed E-state index contributed by atoms with van der Waals surface area (Å²) in [6.45, 7) is 7.84. The number of rotatable bonds is 6. The van der Waals surface area contributed by atoms with Gasteiger partial charge in [-0.25, -0.2) is 13.1 Å². The number of nitrogens with one attached hydrogen (secondary N) is 1. The number of ether oxygens (including phenoxy) is 1. The Morgan fingerprint density at radius 1 is 1.18 bits per heavy atom. The Kier molecular flexibility index (Phi) is 4.87. The maximum absolute atomic E-state index is 12.4. The number of sulfonamides is 1. The predicted molar refractivity (Wildman–Crippen MR) is 82.4 cm³/mol. The van der Waals surface area contributed by atoms with Gasteiger partial charge in [-0.15, -0.1) is 0 Å². The Labute approximate surface area is 130 Å². The molecule has 7 heteroatoms. The van der Waals surface area contributed by atoms with E-state index in [-0.39, 0.29) is 11.4 Å². The molecule has 2 aromatic rings. The van der Waals surface area contributed by atoms with Gasteiger partial charge in [-0.2, -0.15) is 0 Å². The fourth-order valence-corrected chi connectivity index (χ4v) is 3.42. The van der Waals surface area contributed by atoms with Gasteiger partial charge in [0.15, 0.2) is 0 Å². The normalized spacial score (nSPS) is 11.6. The van der Waals surface area contributed by atoms with Crippen LogP contribution in [0.4, 0.5) is 0 Å². The van der Waals surface area contributed by atoms with Crippen molar-refractivity contribution in [2.45, 2.75) is 39.1 Å². The van der Waals surface area contributed by atoms with Crippen molar-refractivity contribution in [2.24, 2.45) is 0 Å². The lowest BCUT2D eigenvalue weighted by Crippen LogP contribution is -2.24. The standard InChI is InChI=1S/C15H20N2O4S/c1-5-20-14-6-11(3)15(7-10(14)2)22(18,19)16-9-13-8-12(4)21-17-13/h6-8,16H,5,9H2,1-4H3. The SMILES string of the molecule is CCOc1cc(C)c(S(=O)(=O)NCc2cc(C)on2)cc1C. The van der Waals surface area contributed by atoms with Crippen LogP contribution in [-0.4, -0.2) is 20.2 Å². The summed E-state index contributed by atoms with van der Waals surface area (Å²) in [5.41, 5.74) is 1.96. The van der Waals surface area contributed by atoms with Gasteiger partial charge in [-0.05, 0) is 51.0 Å². The minimum atomic E-state index is -3.62. The zero-order valence-corrected chi connectivity index (χ0v) is 14.0. The first-order chi connectivity index (χ1) is 10.3. The molecule has 0 aliphatic carbocycles. The van der Waals surface area contributed by atoms with Gasteiger partial charge in [-0.3, -0.25) is 0 Å². The maximum atomic E-state index is 12.4. The van der Waals surface area contributed by atoms with Crippen LogP contribution in [0.2, 0.25) is 0 Å². The van der Waals surface area contributed by atoms with Crippen LogP contribution >= 0.6 is 0 Å². The fraction of sp³-hybridized carbons (Fsp3) is 0.400. The van der Waals surface area contributed by atoms with Crippen molar-refractivity contribution < 1.29 is 17.7 Å². The van der Waals surface area contributed by atoms with E-state index in [4.69, 9.17) is 9.26 Å². The molecule has 6 nitrogen and oxygen atoms in total. The first kappa shape index (κ1) is 16.5. The molecule has 0 amide bonds. The second-order valence-corrected chi connectivity index (χ2v) is 6.81. The van der Waals surface area contributed by atoms with Crippen LogP contribution < -0.4 is 9.46 Å². The summed E-state index contributed by atoms with van der Waals surface area (Å²) in [5, 5.41) is 3.77. The van der Waals surface area contributed by atoms with Gasteiger partial charge in [-0.1, -0.05) is 5.16 Å². The Balaban J connectivity index is 2.23. The molecule has 0 radical (unpaired) electrons. The van der Waals surface area contributed by atoms with E-state index in [1.54, 1.807) is 32.0 Å². The molecule has 1 aromatic heterocycles. The highest BCUT2D eigenvalue weighted by atomic mass is 32.2. The van der Waals surface area contributed by atoms with Gasteiger partial charge in [0.2, 0.25) is 10.0 Å². The molecule has 0 spiro atoms. The number of aromatic nitrogens is 1. The van der Waals surface area contributed by atoms with Crippen LogP contribution in [0.5, 0.6) is 5.75 Å². The number of benzene rings is 1. The van der Waals surface area contributed by atoms with Crippen molar-refractivity contribution in [3.05, 3.63) is 40.8 Å². The number of aryl methyl sites for hydroxylation is 3. The molecule has 0 aliphatic rings. The van der Waals surface area contributed by atoms with Crippen molar-refractivity contribution >= 4 is 10.0 Å². The van der Waals surface area contributed by atoms with Crippen LogP contribution in [0.15, 0.2) is 27.6 Å². The summed E-state index contributed by atoms with van der Waals surface area (Å²) in [6, 6.07) is 5.06. The maximum Gasteiger partial charge on any atom is 0.241 e. The fourth-order valence-electron chi connectivity index (χ4n) is 2.11. The van der Waals surface area contributed by atoms with Crippen molar-refractivity contribution in [3.8, 4) is 5.75 Å². The third-order valence-corrected chi connectivity index (χ3v) is 4.73. The Morgan fingerprint density at radius 2 is 1.91 bits per heavy atom. The van der Waals surface area contributed by atoms with E-state index in [1.807, 2.05) is 13.8 Å². The molecule has 1 N–H and O–H groups in total. The van der Waals surface area contributed by atoms with Crippen molar-refractivity contribution in [1.82, 2.24) is 9.88 Å². The van der Waals surface area contributed by atoms with E-state index < -0.39 is 10.0 Å². The van der Waals surface area contributed by atoms with Gasteiger partial charge in [0, 0.05) is 6.07 Å². The van der Waals surface area contributed by atoms with Gasteiger partial charge in [0.1, 0.15) is 11.5 Å². The zero-order chi connectivity index (χ0) is 16.3. The Bertz CT molecular complexity index is 766. The van der Waals surface area contributed by atoms with Gasteiger partial charge in [0.05, 0.1) is 23.7 Å². The van der Waals surface area contributed by atoms with Crippen LogP contribution in [0.25, 0.3) is 0 Å². The first-order valence-corrected chi connectivity index (χ1v) is 8.47. The second kappa shape index (κ2) is 6.50. The third kappa shape index (κ3) is 3.66. The Hall–Kier alpha value is -1.86. The second-order valence-electron chi connectivity index (χ2n) is 5.07. The Morgan fingerprint density at radius 3 is 2.50 bits per heavy atom. The highest BCUT2D eigenvalue weighted by Crippen LogP contribution is 2.26. The van der Waals surface area contributed by atoms with Gasteiger partial charge < -0.3 is 9.26 Å². The highest BCUT2D eigenvalue weighted by molar-refractivity contribution is 7.89. The van der Waals surface area contributed by atoms with E-state index in [1.165, 1.54) is 0 Å². The molecule has 2 rings (SSSR count). The largest absolute Gasteiger partial charge is 0.494 e. The minimum Gasteiger partial charge on any atom is -0.494 e. The molecular weight excluding hydrogens is 304 g/mol. The molecule has 22 heavy (non-hydrogen) atoms. The topological polar surface area (TPSA) is 81.4 Å². The molecule has 0 saturated carbocycles. The van der Waals surface area contributed by atoms with Crippen molar-refractivity contribution in [2.75, 3.05) is 6.61 Å². The molecule has 120 valence electrons. The summed E-state index contributed by atoms with van der Waals surface area (Å²) in [7, 11) is -3.62. The van der Waals surface area contributed by atoms with E-state index >= 15 is 0 Å². The molecule has 0 fully saturated rings. The van der Waals surface area contributed by atoms with Crippen molar-refractivity contribution in [1.29, 1.82) is 0 Å². The summed E-state index contributed by atoms with van der Waals surface area (Å²) in [6.07, 6.45) is 0. The lowest BCUT2D eigenvalue weighted by Gasteiger charge is -2.13. The van der Waals surface area contributed by atoms with E-state index in [0.717, 1.165) is 5.56 Å². The smallest absolute Gasteiger partial charge is 0.241 e. The minimum absolute atomic E-state index is 0.0887. The number of hydrogen-bond donors (Lipinski definition) is 1. The highest BCUT2D eigenvalue weighted by Gasteiger charge is 2.19. The molecule has 0 atom stereocenters. The first-order valence-electron chi connectivity index (χ1n) is 6.99. The van der Waals surface area contributed by atoms with E-state index in [0.29, 0.717) is 29.4 Å². The quantitative estimate of drug-likeness (QED) is 0.883. The summed E-state index contributed by atoms with van der Waals surface area (Å²) >= 11 is 0. The molecule has 0 aliphatic heterocycles.